The fraction of sp³-hybridized carbons (Fsp3) is 0.413. The van der Waals surface area contributed by atoms with Crippen molar-refractivity contribution in [2.45, 2.75) is 104 Å². The van der Waals surface area contributed by atoms with E-state index in [4.69, 9.17) is 19.2 Å². The SMILES string of the molecule is CCC[C@@H]1NC(=O)[C@@H](NC(=O)[C@@H](NC(=O)OC(C)(C)C)C(C)(C)C)c2ccc(Oc3cc(-c4ccccc4)nc4cc(OC)ccc34)c(c2)/C=C/CCCCS(=O)(=O)NC1=O. The van der Waals surface area contributed by atoms with Gasteiger partial charge >= 0.3 is 6.09 Å². The van der Waals surface area contributed by atoms with Crippen LogP contribution in [0.3, 0.4) is 0 Å². The first-order valence-electron chi connectivity index (χ1n) is 20.4. The normalized spacial score (nSPS) is 18.5. The average molecular weight is 856 g/mol. The number of carbonyl (C=O) groups is 4. The molecule has 14 nitrogen and oxygen atoms in total. The molecule has 15 heteroatoms. The summed E-state index contributed by atoms with van der Waals surface area (Å²) in [5.74, 6) is -1.11. The van der Waals surface area contributed by atoms with Gasteiger partial charge in [0.1, 0.15) is 41.0 Å². The summed E-state index contributed by atoms with van der Waals surface area (Å²) in [4.78, 5) is 60.0. The quantitative estimate of drug-likeness (QED) is 0.130. The highest BCUT2D eigenvalue weighted by Crippen LogP contribution is 2.37. The molecule has 0 unspecified atom stereocenters. The van der Waals surface area contributed by atoms with Crippen LogP contribution in [-0.4, -0.2) is 67.8 Å². The van der Waals surface area contributed by atoms with Crippen molar-refractivity contribution in [3.05, 3.63) is 90.0 Å². The van der Waals surface area contributed by atoms with Gasteiger partial charge in [-0.3, -0.25) is 19.1 Å². The number of pyridine rings is 1. The number of benzene rings is 3. The van der Waals surface area contributed by atoms with Crippen molar-refractivity contribution in [2.24, 2.45) is 5.41 Å². The number of ether oxygens (including phenoxy) is 3. The van der Waals surface area contributed by atoms with Crippen LogP contribution in [0.1, 0.15) is 97.7 Å². The molecule has 0 saturated carbocycles. The fourth-order valence-electron chi connectivity index (χ4n) is 6.71. The van der Waals surface area contributed by atoms with Gasteiger partial charge in [0.05, 0.1) is 24.1 Å². The minimum atomic E-state index is -4.02. The molecule has 4 N–H and O–H groups in total. The van der Waals surface area contributed by atoms with Crippen LogP contribution in [0.4, 0.5) is 4.79 Å². The van der Waals surface area contributed by atoms with Gasteiger partial charge in [-0.1, -0.05) is 82.7 Å². The zero-order valence-electron chi connectivity index (χ0n) is 36.1. The van der Waals surface area contributed by atoms with Gasteiger partial charge in [0.15, 0.2) is 0 Å². The first-order chi connectivity index (χ1) is 28.8. The molecule has 4 amide bonds. The van der Waals surface area contributed by atoms with Gasteiger partial charge in [0.2, 0.25) is 21.8 Å². The fourth-order valence-corrected chi connectivity index (χ4v) is 7.85. The molecule has 61 heavy (non-hydrogen) atoms. The molecule has 0 saturated heterocycles. The number of fused-ring (bicyclic) bond motifs is 3. The molecule has 0 radical (unpaired) electrons. The molecular formula is C46H57N5O9S. The third-order valence-corrected chi connectivity index (χ3v) is 11.1. The standard InChI is InChI=1S/C46H57N5O9S/c1-9-17-34-41(52)51-61(56,57)25-16-11-10-13-20-30-26-31(39(42(53)48-34)49-43(54)40(45(2,3)4)50-44(55)60-46(5,6)7)21-24-37(30)59-38-28-35(29-18-14-12-15-19-29)47-36-27-32(58-8)22-23-33(36)38/h12-15,18-24,26-28,34,39-40H,9-11,16-17,25H2,1-8H3,(H,48,53)(H,49,54)(H,50,55)(H,51,52)/b20-13+/t34-,39-,40+/m0/s1. The number of hydrogen-bond donors (Lipinski definition) is 4. The second-order valence-electron chi connectivity index (χ2n) is 17.1. The molecule has 2 bridgehead atoms. The largest absolute Gasteiger partial charge is 0.497 e. The molecule has 0 aliphatic carbocycles. The molecule has 0 fully saturated rings. The Bertz CT molecular complexity index is 2370. The zero-order chi connectivity index (χ0) is 44.5. The number of alkyl carbamates (subject to hydrolysis) is 1. The summed E-state index contributed by atoms with van der Waals surface area (Å²) in [6.45, 7) is 12.2. The monoisotopic (exact) mass is 855 g/mol. The molecular weight excluding hydrogens is 799 g/mol. The highest BCUT2D eigenvalue weighted by atomic mass is 32.2. The smallest absolute Gasteiger partial charge is 0.408 e. The highest BCUT2D eigenvalue weighted by Gasteiger charge is 2.37. The number of carbonyl (C=O) groups excluding carboxylic acids is 4. The van der Waals surface area contributed by atoms with Crippen LogP contribution < -0.4 is 30.1 Å². The van der Waals surface area contributed by atoms with Gasteiger partial charge in [0, 0.05) is 28.6 Å². The number of nitrogens with one attached hydrogen (secondary N) is 4. The Hall–Kier alpha value is -5.96. The number of aromatic nitrogens is 1. The molecule has 4 aromatic rings. The van der Waals surface area contributed by atoms with Gasteiger partial charge in [-0.2, -0.15) is 0 Å². The van der Waals surface area contributed by atoms with Gasteiger partial charge in [-0.05, 0) is 81.7 Å². The Labute approximate surface area is 358 Å². The van der Waals surface area contributed by atoms with Gasteiger partial charge in [-0.15, -0.1) is 0 Å². The van der Waals surface area contributed by atoms with Crippen LogP contribution in [-0.2, 0) is 29.1 Å². The van der Waals surface area contributed by atoms with E-state index >= 15 is 0 Å². The Kier molecular flexibility index (Phi) is 14.8. The van der Waals surface area contributed by atoms with Crippen LogP contribution in [0, 0.1) is 5.41 Å². The van der Waals surface area contributed by atoms with E-state index < -0.39 is 63.0 Å². The molecule has 0 spiro atoms. The lowest BCUT2D eigenvalue weighted by atomic mass is 9.86. The van der Waals surface area contributed by atoms with E-state index in [-0.39, 0.29) is 18.6 Å². The Morgan fingerprint density at radius 2 is 1.66 bits per heavy atom. The van der Waals surface area contributed by atoms with Crippen LogP contribution >= 0.6 is 0 Å². The number of rotatable bonds is 9. The van der Waals surface area contributed by atoms with Crippen LogP contribution in [0.15, 0.2) is 78.9 Å². The van der Waals surface area contributed by atoms with E-state index in [0.717, 1.165) is 5.56 Å². The number of amides is 4. The Balaban J connectivity index is 1.63. The number of sulfonamides is 1. The number of methoxy groups -OCH3 is 1. The van der Waals surface area contributed by atoms with E-state index in [9.17, 15) is 27.6 Å². The highest BCUT2D eigenvalue weighted by molar-refractivity contribution is 7.90. The van der Waals surface area contributed by atoms with Gasteiger partial charge < -0.3 is 30.2 Å². The predicted molar refractivity (Wildman–Crippen MR) is 235 cm³/mol. The van der Waals surface area contributed by atoms with Crippen molar-refractivity contribution in [1.29, 1.82) is 0 Å². The average Bonchev–Trinajstić information content (AvgIpc) is 3.18. The lowest BCUT2D eigenvalue weighted by Crippen LogP contribution is -2.57. The summed E-state index contributed by atoms with van der Waals surface area (Å²) < 4.78 is 45.7. The van der Waals surface area contributed by atoms with Crippen molar-refractivity contribution < 1.29 is 41.8 Å². The zero-order valence-corrected chi connectivity index (χ0v) is 36.9. The second kappa shape index (κ2) is 19.6. The maximum Gasteiger partial charge on any atom is 0.408 e. The van der Waals surface area contributed by atoms with E-state index in [1.165, 1.54) is 0 Å². The molecule has 3 aromatic carbocycles. The van der Waals surface area contributed by atoms with E-state index in [2.05, 4.69) is 20.7 Å². The van der Waals surface area contributed by atoms with E-state index in [0.29, 0.717) is 64.2 Å². The summed E-state index contributed by atoms with van der Waals surface area (Å²) in [5.41, 5.74) is 1.35. The third-order valence-electron chi connectivity index (χ3n) is 9.77. The lowest BCUT2D eigenvalue weighted by Gasteiger charge is -2.33. The van der Waals surface area contributed by atoms with Crippen LogP contribution in [0.5, 0.6) is 17.2 Å². The minimum absolute atomic E-state index is 0.121. The second-order valence-corrected chi connectivity index (χ2v) is 18.9. The van der Waals surface area contributed by atoms with Gasteiger partial charge in [0.25, 0.3) is 5.91 Å². The van der Waals surface area contributed by atoms with Gasteiger partial charge in [-0.25, -0.2) is 18.2 Å². The van der Waals surface area contributed by atoms with E-state index in [1.54, 1.807) is 73.8 Å². The molecule has 1 aliphatic rings. The number of hydrogen-bond acceptors (Lipinski definition) is 10. The third kappa shape index (κ3) is 12.8. The van der Waals surface area contributed by atoms with Crippen molar-refractivity contribution >= 4 is 50.8 Å². The molecule has 326 valence electrons. The molecule has 2 heterocycles. The minimum Gasteiger partial charge on any atom is -0.497 e. The summed E-state index contributed by atoms with van der Waals surface area (Å²) >= 11 is 0. The number of allylic oxidation sites excluding steroid dienone is 1. The predicted octanol–water partition coefficient (Wildman–Crippen LogP) is 7.73. The molecule has 3 atom stereocenters. The molecule has 1 aliphatic heterocycles. The first kappa shape index (κ1) is 46.1. The number of nitrogens with zero attached hydrogens (tertiary/aromatic N) is 1. The van der Waals surface area contributed by atoms with Crippen molar-refractivity contribution in [1.82, 2.24) is 25.7 Å². The van der Waals surface area contributed by atoms with Crippen molar-refractivity contribution in [3.63, 3.8) is 0 Å². The molecule has 5 rings (SSSR count). The van der Waals surface area contributed by atoms with Crippen LogP contribution in [0.25, 0.3) is 28.2 Å². The summed E-state index contributed by atoms with van der Waals surface area (Å²) in [6, 6.07) is 18.3. The maximum absolute atomic E-state index is 14.4. The molecule has 1 aromatic heterocycles. The topological polar surface area (TPSA) is 191 Å². The maximum atomic E-state index is 14.4. The summed E-state index contributed by atoms with van der Waals surface area (Å²) in [7, 11) is -2.43. The first-order valence-corrected chi connectivity index (χ1v) is 22.1. The van der Waals surface area contributed by atoms with Crippen LogP contribution in [0.2, 0.25) is 0 Å². The van der Waals surface area contributed by atoms with Crippen molar-refractivity contribution in [2.75, 3.05) is 12.9 Å². The lowest BCUT2D eigenvalue weighted by molar-refractivity contribution is -0.133. The Morgan fingerprint density at radius 1 is 0.918 bits per heavy atom. The summed E-state index contributed by atoms with van der Waals surface area (Å²) in [6.07, 6.45) is 4.72. The Morgan fingerprint density at radius 3 is 2.33 bits per heavy atom. The van der Waals surface area contributed by atoms with Crippen molar-refractivity contribution in [3.8, 4) is 28.5 Å². The summed E-state index contributed by atoms with van der Waals surface area (Å²) in [5, 5.41) is 8.89. The van der Waals surface area contributed by atoms with E-state index in [1.807, 2.05) is 66.7 Å².